The van der Waals surface area contributed by atoms with Crippen LogP contribution in [0.4, 0.5) is 0 Å². The number of hydrogen-bond acceptors (Lipinski definition) is 8. The normalized spacial score (nSPS) is 20.8. The standard InChI is InChI=1S/C18H31N5O8/c1-8(24)13(20)17(29)23-7-3-4-11(23)15(27)22-14(9(2)25)16(28)21-10(18(30)31)5-6-12(19)26/h8-11,13-14,24-25H,3-7,20H2,1-2H3,(H2,19,26)(H,21,28)(H,22,27)(H,30,31). The average Bonchev–Trinajstić information content (AvgIpc) is 3.16. The number of carbonyl (C=O) groups is 5. The maximum Gasteiger partial charge on any atom is 0.326 e. The highest BCUT2D eigenvalue weighted by Crippen LogP contribution is 2.19. The number of primary amides is 1. The highest BCUT2D eigenvalue weighted by atomic mass is 16.4. The van der Waals surface area contributed by atoms with Crippen LogP contribution in [0.1, 0.15) is 39.5 Å². The van der Waals surface area contributed by atoms with Crippen LogP contribution in [-0.2, 0) is 24.0 Å². The lowest BCUT2D eigenvalue weighted by Gasteiger charge is -2.30. The molecule has 1 fully saturated rings. The Hall–Kier alpha value is -2.77. The molecule has 31 heavy (non-hydrogen) atoms. The minimum absolute atomic E-state index is 0.233. The third kappa shape index (κ3) is 7.45. The van der Waals surface area contributed by atoms with Gasteiger partial charge in [0.25, 0.3) is 0 Å². The molecule has 0 radical (unpaired) electrons. The number of amides is 4. The number of aliphatic hydroxyl groups excluding tert-OH is 2. The first-order chi connectivity index (χ1) is 14.4. The third-order valence-corrected chi connectivity index (χ3v) is 5.00. The molecule has 0 bridgehead atoms. The van der Waals surface area contributed by atoms with Crippen molar-refractivity contribution in [2.24, 2.45) is 11.5 Å². The van der Waals surface area contributed by atoms with Crippen molar-refractivity contribution < 1.29 is 39.3 Å². The molecular formula is C18H31N5O8. The number of aliphatic carboxylic acids is 1. The van der Waals surface area contributed by atoms with E-state index >= 15 is 0 Å². The Labute approximate surface area is 179 Å². The number of carboxylic acids is 1. The summed E-state index contributed by atoms with van der Waals surface area (Å²) in [5, 5.41) is 33.2. The molecule has 1 saturated heterocycles. The van der Waals surface area contributed by atoms with Gasteiger partial charge in [-0.05, 0) is 33.1 Å². The lowest BCUT2D eigenvalue weighted by atomic mass is 10.1. The fourth-order valence-electron chi connectivity index (χ4n) is 3.16. The Morgan fingerprint density at radius 2 is 1.71 bits per heavy atom. The minimum atomic E-state index is -1.51. The molecule has 0 aliphatic carbocycles. The van der Waals surface area contributed by atoms with E-state index in [1.165, 1.54) is 18.7 Å². The average molecular weight is 445 g/mol. The molecule has 13 heteroatoms. The van der Waals surface area contributed by atoms with Gasteiger partial charge in [-0.2, -0.15) is 0 Å². The molecule has 0 saturated carbocycles. The molecule has 0 spiro atoms. The van der Waals surface area contributed by atoms with E-state index in [0.717, 1.165) is 0 Å². The lowest BCUT2D eigenvalue weighted by Crippen LogP contribution is -2.60. The highest BCUT2D eigenvalue weighted by Gasteiger charge is 2.39. The summed E-state index contributed by atoms with van der Waals surface area (Å²) in [6.07, 6.45) is -2.28. The van der Waals surface area contributed by atoms with Crippen LogP contribution in [0.25, 0.3) is 0 Å². The van der Waals surface area contributed by atoms with E-state index in [1.54, 1.807) is 0 Å². The molecule has 13 nitrogen and oxygen atoms in total. The van der Waals surface area contributed by atoms with Crippen LogP contribution >= 0.6 is 0 Å². The number of rotatable bonds is 11. The van der Waals surface area contributed by atoms with Gasteiger partial charge < -0.3 is 42.3 Å². The first-order valence-electron chi connectivity index (χ1n) is 9.90. The summed E-state index contributed by atoms with van der Waals surface area (Å²) in [7, 11) is 0. The fraction of sp³-hybridized carbons (Fsp3) is 0.722. The fourth-order valence-corrected chi connectivity index (χ4v) is 3.16. The number of hydrogen-bond donors (Lipinski definition) is 7. The van der Waals surface area contributed by atoms with E-state index in [2.05, 4.69) is 10.6 Å². The molecule has 1 heterocycles. The van der Waals surface area contributed by atoms with Crippen LogP contribution in [0, 0.1) is 0 Å². The molecule has 1 rings (SSSR count). The summed E-state index contributed by atoms with van der Waals surface area (Å²) in [6.45, 7) is 2.81. The second-order valence-electron chi connectivity index (χ2n) is 7.59. The Morgan fingerprint density at radius 3 is 2.19 bits per heavy atom. The van der Waals surface area contributed by atoms with Gasteiger partial charge in [0.15, 0.2) is 0 Å². The van der Waals surface area contributed by atoms with Gasteiger partial charge in [0.2, 0.25) is 23.6 Å². The van der Waals surface area contributed by atoms with Crippen molar-refractivity contribution in [3.63, 3.8) is 0 Å². The first kappa shape index (κ1) is 26.3. The van der Waals surface area contributed by atoms with Gasteiger partial charge in [0.1, 0.15) is 24.2 Å². The molecular weight excluding hydrogens is 414 g/mol. The largest absolute Gasteiger partial charge is 0.480 e. The zero-order valence-electron chi connectivity index (χ0n) is 17.5. The molecule has 6 unspecified atom stereocenters. The maximum absolute atomic E-state index is 12.7. The van der Waals surface area contributed by atoms with E-state index in [4.69, 9.17) is 11.5 Å². The third-order valence-electron chi connectivity index (χ3n) is 5.00. The monoisotopic (exact) mass is 445 g/mol. The van der Waals surface area contributed by atoms with Crippen molar-refractivity contribution in [3.05, 3.63) is 0 Å². The van der Waals surface area contributed by atoms with E-state index < -0.39 is 66.0 Å². The number of carbonyl (C=O) groups excluding carboxylic acids is 4. The summed E-state index contributed by atoms with van der Waals surface area (Å²) < 4.78 is 0. The summed E-state index contributed by atoms with van der Waals surface area (Å²) in [5.41, 5.74) is 10.7. The molecule has 0 aromatic carbocycles. The molecule has 176 valence electrons. The topological polar surface area (TPSA) is 225 Å². The van der Waals surface area contributed by atoms with Gasteiger partial charge >= 0.3 is 5.97 Å². The van der Waals surface area contributed by atoms with Crippen molar-refractivity contribution in [1.29, 1.82) is 0 Å². The molecule has 1 aliphatic heterocycles. The zero-order valence-corrected chi connectivity index (χ0v) is 17.5. The minimum Gasteiger partial charge on any atom is -0.480 e. The summed E-state index contributed by atoms with van der Waals surface area (Å²) in [4.78, 5) is 61.1. The Balaban J connectivity index is 2.88. The van der Waals surface area contributed by atoms with Crippen molar-refractivity contribution in [2.75, 3.05) is 6.54 Å². The Bertz CT molecular complexity index is 698. The Morgan fingerprint density at radius 1 is 1.10 bits per heavy atom. The smallest absolute Gasteiger partial charge is 0.326 e. The second kappa shape index (κ2) is 11.6. The van der Waals surface area contributed by atoms with Crippen molar-refractivity contribution in [1.82, 2.24) is 15.5 Å². The molecule has 0 aromatic rings. The number of likely N-dealkylation sites (tertiary alicyclic amines) is 1. The van der Waals surface area contributed by atoms with Crippen LogP contribution in [0.2, 0.25) is 0 Å². The van der Waals surface area contributed by atoms with E-state index in [-0.39, 0.29) is 25.8 Å². The highest BCUT2D eigenvalue weighted by molar-refractivity contribution is 5.94. The zero-order chi connectivity index (χ0) is 23.9. The van der Waals surface area contributed by atoms with Crippen molar-refractivity contribution in [3.8, 4) is 0 Å². The SMILES string of the molecule is CC(O)C(N)C(=O)N1CCCC1C(=O)NC(C(=O)NC(CCC(N)=O)C(=O)O)C(C)O. The van der Waals surface area contributed by atoms with Crippen LogP contribution < -0.4 is 22.1 Å². The van der Waals surface area contributed by atoms with Gasteiger partial charge in [-0.3, -0.25) is 19.2 Å². The quantitative estimate of drug-likeness (QED) is 0.166. The predicted molar refractivity (Wildman–Crippen MR) is 106 cm³/mol. The van der Waals surface area contributed by atoms with Crippen LogP contribution in [-0.4, -0.2) is 92.7 Å². The molecule has 1 aliphatic rings. The van der Waals surface area contributed by atoms with Gasteiger partial charge in [0, 0.05) is 13.0 Å². The van der Waals surface area contributed by atoms with Crippen LogP contribution in [0.3, 0.4) is 0 Å². The predicted octanol–water partition coefficient (Wildman–Crippen LogP) is -3.61. The van der Waals surface area contributed by atoms with E-state index in [1.807, 2.05) is 0 Å². The summed E-state index contributed by atoms with van der Waals surface area (Å²) in [6, 6.07) is -5.14. The van der Waals surface area contributed by atoms with E-state index in [0.29, 0.717) is 6.42 Å². The van der Waals surface area contributed by atoms with E-state index in [9.17, 15) is 39.3 Å². The Kier molecular flexibility index (Phi) is 9.81. The van der Waals surface area contributed by atoms with Crippen LogP contribution in [0.15, 0.2) is 0 Å². The summed E-state index contributed by atoms with van der Waals surface area (Å²) >= 11 is 0. The second-order valence-corrected chi connectivity index (χ2v) is 7.59. The van der Waals surface area contributed by atoms with Gasteiger partial charge in [-0.1, -0.05) is 0 Å². The number of aliphatic hydroxyl groups is 2. The number of nitrogens with two attached hydrogens (primary N) is 2. The van der Waals surface area contributed by atoms with Gasteiger partial charge in [-0.15, -0.1) is 0 Å². The summed E-state index contributed by atoms with van der Waals surface area (Å²) in [5.74, 6) is -4.49. The molecule has 0 aromatic heterocycles. The molecule has 9 N–H and O–H groups in total. The van der Waals surface area contributed by atoms with Gasteiger partial charge in [0.05, 0.1) is 12.2 Å². The van der Waals surface area contributed by atoms with Crippen molar-refractivity contribution in [2.45, 2.75) is 75.9 Å². The lowest BCUT2D eigenvalue weighted by molar-refractivity contribution is -0.144. The first-order valence-corrected chi connectivity index (χ1v) is 9.90. The number of nitrogens with one attached hydrogen (secondary N) is 2. The number of carboxylic acid groups (broad SMARTS) is 1. The van der Waals surface area contributed by atoms with Crippen molar-refractivity contribution >= 4 is 29.6 Å². The maximum atomic E-state index is 12.7. The molecule has 4 amide bonds. The number of nitrogens with zero attached hydrogens (tertiary/aromatic N) is 1. The van der Waals surface area contributed by atoms with Gasteiger partial charge in [-0.25, -0.2) is 4.79 Å². The molecule has 6 atom stereocenters. The van der Waals surface area contributed by atoms with Crippen LogP contribution in [0.5, 0.6) is 0 Å².